The van der Waals surface area contributed by atoms with Crippen LogP contribution in [0.5, 0.6) is 11.5 Å². The molecule has 2 rings (SSSR count). The maximum atomic E-state index is 11.1. The maximum absolute atomic E-state index is 11.1. The highest BCUT2D eigenvalue weighted by molar-refractivity contribution is 7.84. The fourth-order valence-electron chi connectivity index (χ4n) is 2.13. The summed E-state index contributed by atoms with van der Waals surface area (Å²) in [6.45, 7) is 0.678. The monoisotopic (exact) mass is 297 g/mol. The number of rotatable bonds is 6. The first-order valence-corrected chi connectivity index (χ1v) is 7.97. The van der Waals surface area contributed by atoms with E-state index in [9.17, 15) is 4.21 Å². The first-order chi connectivity index (χ1) is 9.56. The van der Waals surface area contributed by atoms with Crippen molar-refractivity contribution in [3.8, 4) is 11.5 Å². The molecule has 1 atom stereocenters. The van der Waals surface area contributed by atoms with Crippen molar-refractivity contribution in [2.45, 2.75) is 13.0 Å². The van der Waals surface area contributed by atoms with E-state index in [1.54, 1.807) is 26.5 Å². The fourth-order valence-corrected chi connectivity index (χ4v) is 2.67. The van der Waals surface area contributed by atoms with Gasteiger partial charge in [0.2, 0.25) is 5.95 Å². The number of hydrogen-bond donors (Lipinski definition) is 1. The van der Waals surface area contributed by atoms with E-state index in [0.29, 0.717) is 29.7 Å². The van der Waals surface area contributed by atoms with Crippen LogP contribution in [-0.2, 0) is 17.3 Å². The van der Waals surface area contributed by atoms with Gasteiger partial charge >= 0.3 is 0 Å². The largest absolute Gasteiger partial charge is 0.493 e. The molecular formula is C13H19N3O3S. The van der Waals surface area contributed by atoms with Crippen LogP contribution in [0.1, 0.15) is 6.42 Å². The minimum absolute atomic E-state index is 0.442. The predicted molar refractivity (Wildman–Crippen MR) is 80.8 cm³/mol. The number of nitrogens with two attached hydrogens (primary N) is 1. The second kappa shape index (κ2) is 6.13. The third kappa shape index (κ3) is 2.87. The highest BCUT2D eigenvalue weighted by Crippen LogP contribution is 2.32. The Morgan fingerprint density at radius 3 is 2.55 bits per heavy atom. The Kier molecular flexibility index (Phi) is 4.49. The summed E-state index contributed by atoms with van der Waals surface area (Å²) in [5, 5.41) is 0. The number of nitrogens with zero attached hydrogens (tertiary/aromatic N) is 2. The van der Waals surface area contributed by atoms with Crippen LogP contribution in [0.4, 0.5) is 5.95 Å². The Balaban J connectivity index is 2.38. The molecule has 1 unspecified atom stereocenters. The third-order valence-electron chi connectivity index (χ3n) is 3.10. The third-order valence-corrected chi connectivity index (χ3v) is 3.96. The van der Waals surface area contributed by atoms with E-state index < -0.39 is 10.8 Å². The van der Waals surface area contributed by atoms with Crippen molar-refractivity contribution in [2.75, 3.05) is 32.0 Å². The molecule has 0 aliphatic rings. The minimum Gasteiger partial charge on any atom is -0.493 e. The van der Waals surface area contributed by atoms with Crippen molar-refractivity contribution in [1.29, 1.82) is 0 Å². The van der Waals surface area contributed by atoms with Gasteiger partial charge < -0.3 is 19.8 Å². The van der Waals surface area contributed by atoms with Crippen molar-refractivity contribution in [2.24, 2.45) is 0 Å². The molecule has 0 saturated carbocycles. The van der Waals surface area contributed by atoms with Gasteiger partial charge in [0.15, 0.2) is 11.5 Å². The van der Waals surface area contributed by atoms with Crippen molar-refractivity contribution in [3.63, 3.8) is 0 Å². The number of nitrogen functional groups attached to an aromatic ring is 1. The van der Waals surface area contributed by atoms with Gasteiger partial charge in [-0.15, -0.1) is 0 Å². The molecule has 0 spiro atoms. The molecule has 0 radical (unpaired) electrons. The fraction of sp³-hybridized carbons (Fsp3) is 0.462. The van der Waals surface area contributed by atoms with E-state index in [1.165, 1.54) is 0 Å². The number of benzene rings is 1. The van der Waals surface area contributed by atoms with Gasteiger partial charge in [0.25, 0.3) is 0 Å². The summed E-state index contributed by atoms with van der Waals surface area (Å²) >= 11 is 0. The number of ether oxygens (including phenoxy) is 2. The van der Waals surface area contributed by atoms with Crippen LogP contribution >= 0.6 is 0 Å². The van der Waals surface area contributed by atoms with Gasteiger partial charge in [-0.1, -0.05) is 0 Å². The van der Waals surface area contributed by atoms with Crippen LogP contribution < -0.4 is 15.2 Å². The molecule has 0 aliphatic heterocycles. The Hall–Kier alpha value is -1.76. The summed E-state index contributed by atoms with van der Waals surface area (Å²) in [7, 11) is 2.38. The Bertz CT molecular complexity index is 639. The van der Waals surface area contributed by atoms with Crippen LogP contribution in [0.25, 0.3) is 11.0 Å². The molecule has 6 nitrogen and oxygen atoms in total. The molecule has 2 aromatic rings. The lowest BCUT2D eigenvalue weighted by molar-refractivity contribution is 0.355. The lowest BCUT2D eigenvalue weighted by Gasteiger charge is -2.09. The van der Waals surface area contributed by atoms with Gasteiger partial charge in [-0.3, -0.25) is 4.21 Å². The smallest absolute Gasteiger partial charge is 0.201 e. The van der Waals surface area contributed by atoms with Gasteiger partial charge in [0.1, 0.15) is 0 Å². The Morgan fingerprint density at radius 1 is 1.30 bits per heavy atom. The summed E-state index contributed by atoms with van der Waals surface area (Å²) in [5.41, 5.74) is 7.60. The summed E-state index contributed by atoms with van der Waals surface area (Å²) in [6, 6.07) is 3.67. The number of aryl methyl sites for hydroxylation is 1. The number of hydrogen-bond acceptors (Lipinski definition) is 5. The number of anilines is 1. The molecule has 0 aliphatic carbocycles. The van der Waals surface area contributed by atoms with E-state index in [4.69, 9.17) is 15.2 Å². The average Bonchev–Trinajstić information content (AvgIpc) is 2.72. The quantitative estimate of drug-likeness (QED) is 0.872. The van der Waals surface area contributed by atoms with Crippen molar-refractivity contribution < 1.29 is 13.7 Å². The zero-order valence-electron chi connectivity index (χ0n) is 11.9. The van der Waals surface area contributed by atoms with Crippen molar-refractivity contribution in [3.05, 3.63) is 12.1 Å². The molecule has 1 aromatic heterocycles. The van der Waals surface area contributed by atoms with Crippen LogP contribution in [0.3, 0.4) is 0 Å². The van der Waals surface area contributed by atoms with Gasteiger partial charge in [-0.05, 0) is 6.42 Å². The van der Waals surface area contributed by atoms with E-state index in [0.717, 1.165) is 17.5 Å². The maximum Gasteiger partial charge on any atom is 0.201 e. The molecule has 2 N–H and O–H groups in total. The summed E-state index contributed by atoms with van der Waals surface area (Å²) in [5.74, 6) is 2.35. The SMILES string of the molecule is COc1cc2nc(N)n(CCCS(C)=O)c2cc1OC. The van der Waals surface area contributed by atoms with E-state index in [1.807, 2.05) is 10.6 Å². The molecule has 1 aromatic carbocycles. The molecule has 110 valence electrons. The lowest BCUT2D eigenvalue weighted by atomic mass is 10.2. The molecule has 0 amide bonds. The number of aromatic nitrogens is 2. The Labute approximate surface area is 120 Å². The average molecular weight is 297 g/mol. The molecule has 1 heterocycles. The lowest BCUT2D eigenvalue weighted by Crippen LogP contribution is -2.06. The normalized spacial score (nSPS) is 12.6. The van der Waals surface area contributed by atoms with Crippen LogP contribution in [0.15, 0.2) is 12.1 Å². The topological polar surface area (TPSA) is 79.4 Å². The number of fused-ring (bicyclic) bond motifs is 1. The molecule has 0 bridgehead atoms. The summed E-state index contributed by atoms with van der Waals surface area (Å²) < 4.78 is 23.6. The Morgan fingerprint density at radius 2 is 1.95 bits per heavy atom. The molecular weight excluding hydrogens is 278 g/mol. The van der Waals surface area contributed by atoms with Crippen molar-refractivity contribution in [1.82, 2.24) is 9.55 Å². The van der Waals surface area contributed by atoms with E-state index >= 15 is 0 Å². The van der Waals surface area contributed by atoms with Gasteiger partial charge in [-0.2, -0.15) is 0 Å². The van der Waals surface area contributed by atoms with E-state index in [2.05, 4.69) is 4.98 Å². The summed E-state index contributed by atoms with van der Waals surface area (Å²) in [6.07, 6.45) is 2.48. The molecule has 0 fully saturated rings. The minimum atomic E-state index is -0.798. The standard InChI is InChI=1S/C13H19N3O3S/c1-18-11-7-9-10(8-12(11)19-2)16(13(14)15-9)5-4-6-20(3)17/h7-8H,4-6H2,1-3H3,(H2,14,15). The highest BCUT2D eigenvalue weighted by atomic mass is 32.2. The second-order valence-electron chi connectivity index (χ2n) is 4.45. The molecule has 20 heavy (non-hydrogen) atoms. The predicted octanol–water partition coefficient (Wildman–Crippen LogP) is 1.40. The highest BCUT2D eigenvalue weighted by Gasteiger charge is 2.13. The second-order valence-corrected chi connectivity index (χ2v) is 6.00. The van der Waals surface area contributed by atoms with Gasteiger partial charge in [0.05, 0.1) is 25.3 Å². The first kappa shape index (κ1) is 14.6. The zero-order chi connectivity index (χ0) is 14.7. The van der Waals surface area contributed by atoms with Crippen LogP contribution in [-0.4, -0.2) is 40.0 Å². The van der Waals surface area contributed by atoms with Gasteiger partial charge in [0, 0.05) is 41.5 Å². The van der Waals surface area contributed by atoms with Crippen molar-refractivity contribution >= 4 is 27.8 Å². The molecule has 7 heteroatoms. The zero-order valence-corrected chi connectivity index (χ0v) is 12.7. The van der Waals surface area contributed by atoms with Crippen LogP contribution in [0.2, 0.25) is 0 Å². The molecule has 0 saturated heterocycles. The van der Waals surface area contributed by atoms with Crippen LogP contribution in [0, 0.1) is 0 Å². The number of imidazole rings is 1. The van der Waals surface area contributed by atoms with Gasteiger partial charge in [-0.25, -0.2) is 4.98 Å². The first-order valence-electron chi connectivity index (χ1n) is 6.24. The summed E-state index contributed by atoms with van der Waals surface area (Å²) in [4.78, 5) is 4.32. The number of methoxy groups -OCH3 is 2. The van der Waals surface area contributed by atoms with E-state index in [-0.39, 0.29) is 0 Å².